The monoisotopic (exact) mass is 318 g/mol. The van der Waals surface area contributed by atoms with Crippen molar-refractivity contribution >= 4 is 45.6 Å². The maximum atomic E-state index is 11.1. The van der Waals surface area contributed by atoms with Crippen LogP contribution in [-0.2, 0) is 19.6 Å². The summed E-state index contributed by atoms with van der Waals surface area (Å²) in [5.41, 5.74) is 0. The molecule has 5 nitrogen and oxygen atoms in total. The Morgan fingerprint density at radius 1 is 0.950 bits per heavy atom. The molecule has 0 spiro atoms. The van der Waals surface area contributed by atoms with Crippen LogP contribution < -0.4 is 0 Å². The zero-order valence-corrected chi connectivity index (χ0v) is 12.6. The standard InChI is InChI=1S/C13H26O5S.Na.H/c1-2-3-4-5-6-7-8-9-10-11-13(14)18-12-19(15,16)17;;/h2-12H2,1H3,(H,15,16,17);;. The first kappa shape index (κ1) is 22.7. The molecule has 0 saturated carbocycles. The van der Waals surface area contributed by atoms with Gasteiger partial charge in [0.2, 0.25) is 5.94 Å². The summed E-state index contributed by atoms with van der Waals surface area (Å²) < 4.78 is 33.5. The average Bonchev–Trinajstić information content (AvgIpc) is 2.33. The fourth-order valence-electron chi connectivity index (χ4n) is 1.79. The van der Waals surface area contributed by atoms with Gasteiger partial charge >= 0.3 is 45.6 Å². The van der Waals surface area contributed by atoms with Gasteiger partial charge in [0.05, 0.1) is 0 Å². The van der Waals surface area contributed by atoms with Crippen LogP contribution in [0.2, 0.25) is 0 Å². The molecule has 0 saturated heterocycles. The molecule has 0 aromatic rings. The molecule has 0 unspecified atom stereocenters. The molecule has 0 aliphatic carbocycles. The fourth-order valence-corrected chi connectivity index (χ4v) is 2.07. The number of unbranched alkanes of at least 4 members (excludes halogenated alkanes) is 8. The van der Waals surface area contributed by atoms with Gasteiger partial charge in [0.1, 0.15) is 0 Å². The van der Waals surface area contributed by atoms with Crippen LogP contribution in [0.15, 0.2) is 0 Å². The summed E-state index contributed by atoms with van der Waals surface area (Å²) in [4.78, 5) is 11.1. The molecule has 0 aromatic heterocycles. The van der Waals surface area contributed by atoms with Crippen molar-refractivity contribution in [3.63, 3.8) is 0 Å². The van der Waals surface area contributed by atoms with Crippen molar-refractivity contribution in [1.29, 1.82) is 0 Å². The van der Waals surface area contributed by atoms with Crippen LogP contribution >= 0.6 is 0 Å². The second kappa shape index (κ2) is 14.3. The van der Waals surface area contributed by atoms with Gasteiger partial charge in [-0.15, -0.1) is 0 Å². The van der Waals surface area contributed by atoms with Crippen LogP contribution in [-0.4, -0.2) is 54.4 Å². The first-order valence-electron chi connectivity index (χ1n) is 7.06. The summed E-state index contributed by atoms with van der Waals surface area (Å²) >= 11 is 0. The molecule has 0 bridgehead atoms. The Morgan fingerprint density at radius 3 is 1.85 bits per heavy atom. The van der Waals surface area contributed by atoms with E-state index >= 15 is 0 Å². The van der Waals surface area contributed by atoms with Crippen molar-refractivity contribution in [2.24, 2.45) is 0 Å². The van der Waals surface area contributed by atoms with Crippen LogP contribution in [0.4, 0.5) is 0 Å². The van der Waals surface area contributed by atoms with Gasteiger partial charge in [-0.05, 0) is 6.42 Å². The van der Waals surface area contributed by atoms with Crippen molar-refractivity contribution in [1.82, 2.24) is 0 Å². The van der Waals surface area contributed by atoms with E-state index in [1.165, 1.54) is 38.5 Å². The number of ether oxygens (including phenoxy) is 1. The zero-order chi connectivity index (χ0) is 14.6. The van der Waals surface area contributed by atoms with Crippen LogP contribution in [0.3, 0.4) is 0 Å². The van der Waals surface area contributed by atoms with Crippen molar-refractivity contribution in [2.75, 3.05) is 5.94 Å². The van der Waals surface area contributed by atoms with Gasteiger partial charge in [0, 0.05) is 6.42 Å². The van der Waals surface area contributed by atoms with E-state index in [4.69, 9.17) is 4.55 Å². The van der Waals surface area contributed by atoms with E-state index in [0.717, 1.165) is 12.8 Å². The number of rotatable bonds is 12. The van der Waals surface area contributed by atoms with Gasteiger partial charge in [-0.25, -0.2) is 0 Å². The predicted octanol–water partition coefficient (Wildman–Crippen LogP) is 2.65. The molecule has 0 rings (SSSR count). The first-order valence-corrected chi connectivity index (χ1v) is 8.67. The Kier molecular flexibility index (Phi) is 16.2. The number of hydrogen-bond donors (Lipinski definition) is 1. The maximum absolute atomic E-state index is 11.1. The molecule has 0 amide bonds. The number of esters is 1. The van der Waals surface area contributed by atoms with Crippen LogP contribution in [0.25, 0.3) is 0 Å². The SMILES string of the molecule is CCCCCCCCCCCC(=O)OCS(=O)(=O)O.[NaH]. The molecule has 116 valence electrons. The topological polar surface area (TPSA) is 80.7 Å². The first-order chi connectivity index (χ1) is 8.95. The number of carbonyl (C=O) groups excluding carboxylic acids is 1. The average molecular weight is 318 g/mol. The van der Waals surface area contributed by atoms with Gasteiger partial charge in [-0.3, -0.25) is 9.35 Å². The van der Waals surface area contributed by atoms with E-state index in [2.05, 4.69) is 11.7 Å². The number of carbonyl (C=O) groups is 1. The molecule has 20 heavy (non-hydrogen) atoms. The Bertz CT molecular complexity index is 330. The van der Waals surface area contributed by atoms with E-state index in [0.29, 0.717) is 6.42 Å². The molecule has 1 N–H and O–H groups in total. The summed E-state index contributed by atoms with van der Waals surface area (Å²) in [5, 5.41) is 0. The molecular formula is C13H27NaO5S. The van der Waals surface area contributed by atoms with Gasteiger partial charge in [0.25, 0.3) is 0 Å². The molecule has 0 atom stereocenters. The van der Waals surface area contributed by atoms with E-state index in [1.54, 1.807) is 0 Å². The minimum absolute atomic E-state index is 0. The van der Waals surface area contributed by atoms with Gasteiger partial charge in [-0.1, -0.05) is 58.3 Å². The van der Waals surface area contributed by atoms with Crippen LogP contribution in [0.1, 0.15) is 71.1 Å². The van der Waals surface area contributed by atoms with E-state index in [-0.39, 0.29) is 36.0 Å². The third kappa shape index (κ3) is 18.4. The van der Waals surface area contributed by atoms with Crippen molar-refractivity contribution in [3.8, 4) is 0 Å². The minimum atomic E-state index is -4.21. The molecule has 0 aromatic carbocycles. The second-order valence-corrected chi connectivity index (χ2v) is 6.19. The van der Waals surface area contributed by atoms with E-state index in [1.807, 2.05) is 0 Å². The van der Waals surface area contributed by atoms with Crippen molar-refractivity contribution in [3.05, 3.63) is 0 Å². The quantitative estimate of drug-likeness (QED) is 0.259. The predicted molar refractivity (Wildman–Crippen MR) is 81.5 cm³/mol. The van der Waals surface area contributed by atoms with Gasteiger partial charge in [-0.2, -0.15) is 8.42 Å². The summed E-state index contributed by atoms with van der Waals surface area (Å²) in [6.07, 6.45) is 10.5. The fraction of sp³-hybridized carbons (Fsp3) is 0.923. The molecule has 7 heteroatoms. The van der Waals surface area contributed by atoms with Crippen molar-refractivity contribution in [2.45, 2.75) is 71.1 Å². The summed E-state index contributed by atoms with van der Waals surface area (Å²) in [5.74, 6) is -1.51. The molecular weight excluding hydrogens is 291 g/mol. The Hall–Kier alpha value is 0.380. The van der Waals surface area contributed by atoms with Crippen LogP contribution in [0, 0.1) is 0 Å². The normalized spacial score (nSPS) is 10.9. The van der Waals surface area contributed by atoms with Crippen molar-refractivity contribution < 1.29 is 22.5 Å². The van der Waals surface area contributed by atoms with Gasteiger partial charge in [0.15, 0.2) is 0 Å². The molecule has 0 radical (unpaired) electrons. The second-order valence-electron chi connectivity index (χ2n) is 4.79. The van der Waals surface area contributed by atoms with Gasteiger partial charge < -0.3 is 4.74 Å². The third-order valence-corrected chi connectivity index (χ3v) is 3.27. The Labute approximate surface area is 144 Å². The zero-order valence-electron chi connectivity index (χ0n) is 11.8. The number of hydrogen-bond acceptors (Lipinski definition) is 4. The third-order valence-electron chi connectivity index (χ3n) is 2.85. The molecule has 0 fully saturated rings. The van der Waals surface area contributed by atoms with E-state index in [9.17, 15) is 13.2 Å². The van der Waals surface area contributed by atoms with Crippen LogP contribution in [0.5, 0.6) is 0 Å². The molecule has 0 heterocycles. The Morgan fingerprint density at radius 2 is 1.40 bits per heavy atom. The molecule has 0 aliphatic heterocycles. The summed E-state index contributed by atoms with van der Waals surface area (Å²) in [6, 6.07) is 0. The summed E-state index contributed by atoms with van der Waals surface area (Å²) in [7, 11) is -4.21. The Balaban J connectivity index is 0. The van der Waals surface area contributed by atoms with E-state index < -0.39 is 22.0 Å². The summed E-state index contributed by atoms with van der Waals surface area (Å²) in [6.45, 7) is 2.20. The molecule has 0 aliphatic rings.